The Labute approximate surface area is 172 Å². The molecule has 1 heterocycles. The van der Waals surface area contributed by atoms with Crippen LogP contribution in [0.2, 0.25) is 0 Å². The Morgan fingerprint density at radius 2 is 1.80 bits per heavy atom. The van der Waals surface area contributed by atoms with Gasteiger partial charge in [0, 0.05) is 5.56 Å². The zero-order valence-electron chi connectivity index (χ0n) is 16.9. The smallest absolute Gasteiger partial charge is 0.416 e. The molecule has 3 aromatic rings. The number of rotatable bonds is 6. The molecule has 0 saturated carbocycles. The van der Waals surface area contributed by atoms with E-state index >= 15 is 0 Å². The predicted molar refractivity (Wildman–Crippen MR) is 108 cm³/mol. The van der Waals surface area contributed by atoms with Gasteiger partial charge in [0.05, 0.1) is 12.2 Å². The highest BCUT2D eigenvalue weighted by atomic mass is 19.4. The molecule has 0 aliphatic carbocycles. The van der Waals surface area contributed by atoms with Gasteiger partial charge in [-0.05, 0) is 79.4 Å². The molecule has 0 saturated heterocycles. The van der Waals surface area contributed by atoms with E-state index < -0.39 is 11.7 Å². The Bertz CT molecular complexity index is 1050. The van der Waals surface area contributed by atoms with E-state index in [1.54, 1.807) is 0 Å². The van der Waals surface area contributed by atoms with Gasteiger partial charge in [-0.15, -0.1) is 0 Å². The lowest BCUT2D eigenvalue weighted by Crippen LogP contribution is -2.04. The number of aliphatic hydroxyl groups is 1. The van der Waals surface area contributed by atoms with Crippen LogP contribution in [0.15, 0.2) is 58.7 Å². The SMILES string of the molecule is CC(CO)=C(C)c1cc(C)cc(OCc2coc(-c3ccc(C(F)(F)F)cc3)n2)c1. The third kappa shape index (κ3) is 5.10. The topological polar surface area (TPSA) is 55.5 Å². The number of alkyl halides is 3. The van der Waals surface area contributed by atoms with Crippen LogP contribution < -0.4 is 4.74 Å². The number of aromatic nitrogens is 1. The second-order valence-electron chi connectivity index (χ2n) is 7.11. The first kappa shape index (κ1) is 21.6. The summed E-state index contributed by atoms with van der Waals surface area (Å²) >= 11 is 0. The number of benzene rings is 2. The number of aryl methyl sites for hydroxylation is 1. The van der Waals surface area contributed by atoms with E-state index in [9.17, 15) is 18.3 Å². The largest absolute Gasteiger partial charge is 0.487 e. The van der Waals surface area contributed by atoms with Crippen molar-refractivity contribution >= 4 is 5.57 Å². The van der Waals surface area contributed by atoms with Crippen molar-refractivity contribution in [3.63, 3.8) is 0 Å². The van der Waals surface area contributed by atoms with Gasteiger partial charge in [0.25, 0.3) is 0 Å². The van der Waals surface area contributed by atoms with Crippen LogP contribution in [-0.4, -0.2) is 16.7 Å². The number of hydrogen-bond donors (Lipinski definition) is 1. The summed E-state index contributed by atoms with van der Waals surface area (Å²) in [6.45, 7) is 5.90. The molecule has 7 heteroatoms. The van der Waals surface area contributed by atoms with E-state index in [-0.39, 0.29) is 19.1 Å². The average molecular weight is 417 g/mol. The molecule has 0 spiro atoms. The van der Waals surface area contributed by atoms with Gasteiger partial charge in [-0.1, -0.05) is 6.07 Å². The summed E-state index contributed by atoms with van der Waals surface area (Å²) < 4.78 is 49.3. The fourth-order valence-electron chi connectivity index (χ4n) is 2.88. The molecular formula is C23H22F3NO3. The lowest BCUT2D eigenvalue weighted by atomic mass is 10.0. The first-order chi connectivity index (χ1) is 14.2. The first-order valence-corrected chi connectivity index (χ1v) is 9.31. The van der Waals surface area contributed by atoms with Crippen molar-refractivity contribution in [1.29, 1.82) is 0 Å². The van der Waals surface area contributed by atoms with Gasteiger partial charge < -0.3 is 14.3 Å². The quantitative estimate of drug-likeness (QED) is 0.532. The van der Waals surface area contributed by atoms with Crippen molar-refractivity contribution in [3.05, 3.63) is 76.7 Å². The molecule has 0 amide bonds. The van der Waals surface area contributed by atoms with E-state index in [4.69, 9.17) is 9.15 Å². The van der Waals surface area contributed by atoms with Crippen LogP contribution in [0.4, 0.5) is 13.2 Å². The van der Waals surface area contributed by atoms with Crippen LogP contribution in [0.25, 0.3) is 17.0 Å². The number of hydrogen-bond acceptors (Lipinski definition) is 4. The maximum Gasteiger partial charge on any atom is 0.416 e. The van der Waals surface area contributed by atoms with Crippen LogP contribution >= 0.6 is 0 Å². The molecule has 4 nitrogen and oxygen atoms in total. The van der Waals surface area contributed by atoms with Gasteiger partial charge in [0.1, 0.15) is 24.3 Å². The van der Waals surface area contributed by atoms with E-state index in [0.717, 1.165) is 34.4 Å². The molecule has 0 bridgehead atoms. The minimum Gasteiger partial charge on any atom is -0.487 e. The van der Waals surface area contributed by atoms with Crippen molar-refractivity contribution in [2.24, 2.45) is 0 Å². The van der Waals surface area contributed by atoms with Crippen LogP contribution in [0.5, 0.6) is 5.75 Å². The zero-order valence-corrected chi connectivity index (χ0v) is 16.9. The molecule has 0 radical (unpaired) electrons. The normalized spacial score (nSPS) is 12.6. The van der Waals surface area contributed by atoms with Gasteiger partial charge in [0.2, 0.25) is 5.89 Å². The van der Waals surface area contributed by atoms with E-state index in [0.29, 0.717) is 17.0 Å². The summed E-state index contributed by atoms with van der Waals surface area (Å²) in [5, 5.41) is 9.34. The van der Waals surface area contributed by atoms with Crippen molar-refractivity contribution in [1.82, 2.24) is 4.98 Å². The third-order valence-electron chi connectivity index (χ3n) is 4.76. The number of allylic oxidation sites excluding steroid dienone is 1. The molecule has 1 N–H and O–H groups in total. The lowest BCUT2D eigenvalue weighted by Gasteiger charge is -2.11. The third-order valence-corrected chi connectivity index (χ3v) is 4.76. The van der Waals surface area contributed by atoms with Crippen molar-refractivity contribution in [3.8, 4) is 17.2 Å². The molecule has 0 aliphatic rings. The van der Waals surface area contributed by atoms with Gasteiger partial charge in [0.15, 0.2) is 0 Å². The second kappa shape index (κ2) is 8.75. The van der Waals surface area contributed by atoms with E-state index in [1.165, 1.54) is 18.4 Å². The van der Waals surface area contributed by atoms with Crippen LogP contribution in [0.3, 0.4) is 0 Å². The van der Waals surface area contributed by atoms with Gasteiger partial charge in [-0.25, -0.2) is 4.98 Å². The summed E-state index contributed by atoms with van der Waals surface area (Å²) in [5.41, 5.74) is 4.08. The fraction of sp³-hybridized carbons (Fsp3) is 0.261. The first-order valence-electron chi connectivity index (χ1n) is 9.31. The summed E-state index contributed by atoms with van der Waals surface area (Å²) in [6.07, 6.45) is -2.96. The Kier molecular flexibility index (Phi) is 6.31. The summed E-state index contributed by atoms with van der Waals surface area (Å²) in [4.78, 5) is 4.29. The number of aliphatic hydroxyl groups excluding tert-OH is 1. The molecule has 0 atom stereocenters. The molecule has 0 unspecified atom stereocenters. The van der Waals surface area contributed by atoms with Crippen molar-refractivity contribution in [2.75, 3.05) is 6.61 Å². The van der Waals surface area contributed by atoms with Crippen molar-refractivity contribution < 1.29 is 27.4 Å². The molecule has 158 valence electrons. The molecular weight excluding hydrogens is 395 g/mol. The highest BCUT2D eigenvalue weighted by Gasteiger charge is 2.30. The predicted octanol–water partition coefficient (Wildman–Crippen LogP) is 6.03. The van der Waals surface area contributed by atoms with E-state index in [1.807, 2.05) is 39.0 Å². The summed E-state index contributed by atoms with van der Waals surface area (Å²) in [7, 11) is 0. The fourth-order valence-corrected chi connectivity index (χ4v) is 2.88. The monoisotopic (exact) mass is 417 g/mol. The van der Waals surface area contributed by atoms with Crippen LogP contribution in [0, 0.1) is 6.92 Å². The molecule has 0 aliphatic heterocycles. The molecule has 2 aromatic carbocycles. The zero-order chi connectivity index (χ0) is 21.9. The average Bonchev–Trinajstić information content (AvgIpc) is 3.19. The van der Waals surface area contributed by atoms with Crippen LogP contribution in [-0.2, 0) is 12.8 Å². The minimum absolute atomic E-state index is 0.0123. The molecule has 3 rings (SSSR count). The second-order valence-corrected chi connectivity index (χ2v) is 7.11. The maximum atomic E-state index is 12.7. The number of halogens is 3. The molecule has 0 fully saturated rings. The Hall–Kier alpha value is -3.06. The standard InChI is InChI=1S/C23H22F3NO3/c1-14-8-18(16(3)15(2)11-28)10-21(9-14)29-12-20-13-30-22(27-20)17-4-6-19(7-5-17)23(24,25)26/h4-10,13,28H,11-12H2,1-3H3. The van der Waals surface area contributed by atoms with Gasteiger partial charge in [-0.2, -0.15) is 13.2 Å². The van der Waals surface area contributed by atoms with E-state index in [2.05, 4.69) is 4.98 Å². The Balaban J connectivity index is 1.72. The lowest BCUT2D eigenvalue weighted by molar-refractivity contribution is -0.137. The minimum atomic E-state index is -4.38. The van der Waals surface area contributed by atoms with Gasteiger partial charge in [-0.3, -0.25) is 0 Å². The summed E-state index contributed by atoms with van der Waals surface area (Å²) in [5.74, 6) is 0.874. The highest BCUT2D eigenvalue weighted by Crippen LogP contribution is 2.31. The van der Waals surface area contributed by atoms with Crippen LogP contribution in [0.1, 0.15) is 36.2 Å². The summed E-state index contributed by atoms with van der Waals surface area (Å²) in [6, 6.07) is 10.4. The maximum absolute atomic E-state index is 12.7. The number of nitrogens with zero attached hydrogens (tertiary/aromatic N) is 1. The highest BCUT2D eigenvalue weighted by molar-refractivity contribution is 5.68. The Morgan fingerprint density at radius 1 is 1.10 bits per heavy atom. The molecule has 1 aromatic heterocycles. The van der Waals surface area contributed by atoms with Crippen molar-refractivity contribution in [2.45, 2.75) is 33.6 Å². The number of oxazole rings is 1. The van der Waals surface area contributed by atoms with Gasteiger partial charge >= 0.3 is 6.18 Å². The Morgan fingerprint density at radius 3 is 2.43 bits per heavy atom. The molecule has 30 heavy (non-hydrogen) atoms. The number of ether oxygens (including phenoxy) is 1.